The zero-order chi connectivity index (χ0) is 30.5. The van der Waals surface area contributed by atoms with Crippen molar-refractivity contribution < 1.29 is 43.2 Å². The van der Waals surface area contributed by atoms with E-state index in [1.54, 1.807) is 31.2 Å². The van der Waals surface area contributed by atoms with E-state index in [0.717, 1.165) is 0 Å². The van der Waals surface area contributed by atoms with Gasteiger partial charge >= 0.3 is 11.6 Å². The summed E-state index contributed by atoms with van der Waals surface area (Å²) in [6.07, 6.45) is -2.71. The third-order valence-electron chi connectivity index (χ3n) is 7.53. The average molecular weight is 578 g/mol. The highest BCUT2D eigenvalue weighted by molar-refractivity contribution is 6.19. The van der Waals surface area contributed by atoms with Gasteiger partial charge in [-0.3, -0.25) is 9.59 Å². The van der Waals surface area contributed by atoms with Gasteiger partial charge in [0, 0.05) is 30.0 Å². The number of aliphatic hydroxyl groups excluding tert-OH is 1. The highest BCUT2D eigenvalue weighted by atomic mass is 16.6. The standard InChI is InChI=1S/C31H31NO10/c1-7-16-10-19-23(21(11-16)38-5)18-12-22(39-6)25-20(35)9-8-17(24(25)29(18)42-31(19)37)30-27(36)26(32-14(3)33)28(13(2)40-30)41-15(4)34/h7-13,26-28,30,35-36H,1H2,2-6H3,(H,32,33). The van der Waals surface area contributed by atoms with Crippen molar-refractivity contribution in [2.75, 3.05) is 14.2 Å². The Kier molecular flexibility index (Phi) is 7.56. The van der Waals surface area contributed by atoms with Crippen LogP contribution in [-0.4, -0.2) is 60.7 Å². The molecule has 3 aromatic carbocycles. The van der Waals surface area contributed by atoms with Crippen LogP contribution in [0.25, 0.3) is 38.6 Å². The maximum atomic E-state index is 13.4. The van der Waals surface area contributed by atoms with Crippen LogP contribution < -0.4 is 20.4 Å². The molecule has 1 amide bonds. The zero-order valence-electron chi connectivity index (χ0n) is 23.7. The fraction of sp³-hybridized carbons (Fsp3) is 0.323. The summed E-state index contributed by atoms with van der Waals surface area (Å²) in [5, 5.41) is 26.9. The van der Waals surface area contributed by atoms with E-state index < -0.39 is 48.0 Å². The zero-order valence-corrected chi connectivity index (χ0v) is 23.7. The van der Waals surface area contributed by atoms with Crippen LogP contribution in [0.5, 0.6) is 17.2 Å². The molecule has 1 fully saturated rings. The Morgan fingerprint density at radius 1 is 1.02 bits per heavy atom. The number of aliphatic hydroxyl groups is 1. The molecule has 1 aromatic heterocycles. The molecule has 1 aliphatic rings. The maximum Gasteiger partial charge on any atom is 0.344 e. The second-order valence-electron chi connectivity index (χ2n) is 10.2. The SMILES string of the molecule is C=Cc1cc(OC)c2c(c1)c(=O)oc1c2cc(OC)c2c(O)ccc(C3OC(C)C(OC(C)=O)C(NC(C)=O)C3O)c21. The lowest BCUT2D eigenvalue weighted by Crippen LogP contribution is -2.61. The van der Waals surface area contributed by atoms with Crippen molar-refractivity contribution >= 4 is 50.5 Å². The molecule has 0 bridgehead atoms. The van der Waals surface area contributed by atoms with Crippen molar-refractivity contribution in [1.29, 1.82) is 0 Å². The molecule has 1 aliphatic heterocycles. The average Bonchev–Trinajstić information content (AvgIpc) is 2.95. The van der Waals surface area contributed by atoms with Gasteiger partial charge in [0.15, 0.2) is 6.10 Å². The van der Waals surface area contributed by atoms with Gasteiger partial charge in [-0.05, 0) is 42.3 Å². The van der Waals surface area contributed by atoms with Crippen LogP contribution in [0.1, 0.15) is 38.0 Å². The molecule has 5 unspecified atom stereocenters. The Morgan fingerprint density at radius 2 is 1.71 bits per heavy atom. The molecule has 0 saturated carbocycles. The third-order valence-corrected chi connectivity index (χ3v) is 7.53. The van der Waals surface area contributed by atoms with E-state index in [1.165, 1.54) is 40.2 Å². The van der Waals surface area contributed by atoms with E-state index in [9.17, 15) is 24.6 Å². The molecule has 5 atom stereocenters. The van der Waals surface area contributed by atoms with E-state index in [2.05, 4.69) is 11.9 Å². The number of methoxy groups -OCH3 is 2. The van der Waals surface area contributed by atoms with Gasteiger partial charge in [-0.25, -0.2) is 4.79 Å². The van der Waals surface area contributed by atoms with Crippen molar-refractivity contribution in [2.45, 2.75) is 51.2 Å². The van der Waals surface area contributed by atoms with Gasteiger partial charge in [-0.15, -0.1) is 0 Å². The summed E-state index contributed by atoms with van der Waals surface area (Å²) < 4.78 is 28.9. The normalized spacial score (nSPS) is 22.2. The molecule has 220 valence electrons. The number of phenolic OH excluding ortho intramolecular Hbond substituents is 1. The molecule has 11 heteroatoms. The number of amides is 1. The minimum absolute atomic E-state index is 0.0977. The summed E-state index contributed by atoms with van der Waals surface area (Å²) in [6.45, 7) is 7.93. The fourth-order valence-corrected chi connectivity index (χ4v) is 5.78. The predicted molar refractivity (Wildman–Crippen MR) is 155 cm³/mol. The van der Waals surface area contributed by atoms with Gasteiger partial charge in [-0.2, -0.15) is 0 Å². The van der Waals surface area contributed by atoms with Gasteiger partial charge < -0.3 is 38.9 Å². The topological polar surface area (TPSA) is 154 Å². The second-order valence-corrected chi connectivity index (χ2v) is 10.2. The number of hydrogen-bond acceptors (Lipinski definition) is 10. The van der Waals surface area contributed by atoms with Crippen molar-refractivity contribution in [1.82, 2.24) is 5.32 Å². The van der Waals surface area contributed by atoms with Crippen molar-refractivity contribution in [2.24, 2.45) is 0 Å². The van der Waals surface area contributed by atoms with Gasteiger partial charge in [0.2, 0.25) is 5.91 Å². The Morgan fingerprint density at radius 3 is 2.33 bits per heavy atom. The highest BCUT2D eigenvalue weighted by Gasteiger charge is 2.47. The van der Waals surface area contributed by atoms with Crippen LogP contribution in [0.15, 0.2) is 46.1 Å². The summed E-state index contributed by atoms with van der Waals surface area (Å²) >= 11 is 0. The van der Waals surface area contributed by atoms with Gasteiger partial charge in [0.05, 0.1) is 37.1 Å². The quantitative estimate of drug-likeness (QED) is 0.176. The van der Waals surface area contributed by atoms with Crippen molar-refractivity contribution in [3.63, 3.8) is 0 Å². The van der Waals surface area contributed by atoms with E-state index in [4.69, 9.17) is 23.4 Å². The predicted octanol–water partition coefficient (Wildman–Crippen LogP) is 3.72. The summed E-state index contributed by atoms with van der Waals surface area (Å²) in [5.41, 5.74) is 0.424. The van der Waals surface area contributed by atoms with Crippen LogP contribution in [0.3, 0.4) is 0 Å². The minimum Gasteiger partial charge on any atom is -0.507 e. The van der Waals surface area contributed by atoms with Crippen LogP contribution in [0.4, 0.5) is 0 Å². The van der Waals surface area contributed by atoms with Gasteiger partial charge in [0.25, 0.3) is 0 Å². The first-order chi connectivity index (χ1) is 20.0. The number of carbonyl (C=O) groups excluding carboxylic acids is 2. The molecule has 5 rings (SSSR count). The Bertz CT molecular complexity index is 1810. The smallest absolute Gasteiger partial charge is 0.344 e. The van der Waals surface area contributed by atoms with E-state index >= 15 is 0 Å². The van der Waals surface area contributed by atoms with Crippen molar-refractivity contribution in [3.05, 3.63) is 58.5 Å². The molecular weight excluding hydrogens is 546 g/mol. The number of fused-ring (bicyclic) bond motifs is 5. The van der Waals surface area contributed by atoms with Crippen LogP contribution in [-0.2, 0) is 19.1 Å². The number of benzene rings is 3. The fourth-order valence-electron chi connectivity index (χ4n) is 5.78. The van der Waals surface area contributed by atoms with Gasteiger partial charge in [-0.1, -0.05) is 18.7 Å². The molecule has 11 nitrogen and oxygen atoms in total. The lowest BCUT2D eigenvalue weighted by atomic mass is 9.86. The molecule has 42 heavy (non-hydrogen) atoms. The highest BCUT2D eigenvalue weighted by Crippen LogP contribution is 2.47. The molecule has 4 aromatic rings. The molecule has 0 aliphatic carbocycles. The van der Waals surface area contributed by atoms with E-state index in [1.807, 2.05) is 0 Å². The summed E-state index contributed by atoms with van der Waals surface area (Å²) in [7, 11) is 2.92. The summed E-state index contributed by atoms with van der Waals surface area (Å²) in [4.78, 5) is 37.3. The van der Waals surface area contributed by atoms with Crippen LogP contribution >= 0.6 is 0 Å². The number of esters is 1. The number of phenols is 1. The Balaban J connectivity index is 1.86. The molecule has 0 spiro atoms. The molecule has 2 heterocycles. The largest absolute Gasteiger partial charge is 0.507 e. The van der Waals surface area contributed by atoms with E-state index in [-0.39, 0.29) is 33.2 Å². The molecular formula is C31H31NO10. The number of carbonyl (C=O) groups is 2. The van der Waals surface area contributed by atoms with Crippen LogP contribution in [0, 0.1) is 0 Å². The lowest BCUT2D eigenvalue weighted by Gasteiger charge is -2.43. The third kappa shape index (κ3) is 4.70. The summed E-state index contributed by atoms with van der Waals surface area (Å²) in [6, 6.07) is 6.92. The van der Waals surface area contributed by atoms with Gasteiger partial charge in [0.1, 0.15) is 35.0 Å². The first kappa shape index (κ1) is 28.9. The monoisotopic (exact) mass is 577 g/mol. The number of ether oxygens (including phenoxy) is 4. The maximum absolute atomic E-state index is 13.4. The molecule has 0 radical (unpaired) electrons. The number of nitrogens with one attached hydrogen (secondary N) is 1. The number of aromatic hydroxyl groups is 1. The van der Waals surface area contributed by atoms with Crippen molar-refractivity contribution in [3.8, 4) is 17.2 Å². The first-order valence-electron chi connectivity index (χ1n) is 13.2. The molecule has 3 N–H and O–H groups in total. The summed E-state index contributed by atoms with van der Waals surface area (Å²) in [5.74, 6) is -0.573. The molecule has 1 saturated heterocycles. The second kappa shape index (κ2) is 11.0. The number of rotatable bonds is 6. The lowest BCUT2D eigenvalue weighted by molar-refractivity contribution is -0.200. The van der Waals surface area contributed by atoms with E-state index in [0.29, 0.717) is 27.6 Å². The van der Waals surface area contributed by atoms with Crippen LogP contribution in [0.2, 0.25) is 0 Å². The Hall–Kier alpha value is -4.61. The number of hydrogen-bond donors (Lipinski definition) is 3. The Labute approximate surface area is 240 Å². The first-order valence-corrected chi connectivity index (χ1v) is 13.2. The minimum atomic E-state index is -1.42.